The van der Waals surface area contributed by atoms with Crippen LogP contribution in [0.3, 0.4) is 0 Å². The molecule has 0 spiro atoms. The van der Waals surface area contributed by atoms with E-state index in [-0.39, 0.29) is 0 Å². The number of hydrogen-bond acceptors (Lipinski definition) is 2. The molecule has 1 aromatic heterocycles. The molecular formula is C21H12F2N3. The van der Waals surface area contributed by atoms with Crippen LogP contribution in [0.2, 0.25) is 0 Å². The van der Waals surface area contributed by atoms with Crippen LogP contribution in [0.25, 0.3) is 22.2 Å². The van der Waals surface area contributed by atoms with Gasteiger partial charge in [-0.2, -0.15) is 5.26 Å². The summed E-state index contributed by atoms with van der Waals surface area (Å²) in [5.74, 6) is -1.82. The third kappa shape index (κ3) is 2.82. The molecule has 26 heavy (non-hydrogen) atoms. The standard InChI is InChI=1S/C21H12F2N3/c22-18-9-20-21(10-19(18)23)26(13-25-20)12-14-6-7-16(11-24)17(8-14)15-4-2-1-3-5-15/h2-10,13H,12H2. The lowest BCUT2D eigenvalue weighted by molar-refractivity contribution is 0.510. The zero-order chi connectivity index (χ0) is 18.1. The first-order valence-electron chi connectivity index (χ1n) is 7.95. The van der Waals surface area contributed by atoms with Crippen molar-refractivity contribution in [2.45, 2.75) is 6.54 Å². The van der Waals surface area contributed by atoms with E-state index in [0.29, 0.717) is 23.1 Å². The minimum absolute atomic E-state index is 0.399. The molecule has 0 unspecified atom stereocenters. The highest BCUT2D eigenvalue weighted by Crippen LogP contribution is 2.26. The molecule has 3 aromatic carbocycles. The molecule has 1 heterocycles. The van der Waals surface area contributed by atoms with E-state index in [4.69, 9.17) is 0 Å². The predicted molar refractivity (Wildman–Crippen MR) is 94.2 cm³/mol. The van der Waals surface area contributed by atoms with E-state index in [0.717, 1.165) is 28.8 Å². The maximum absolute atomic E-state index is 13.6. The summed E-state index contributed by atoms with van der Waals surface area (Å²) in [4.78, 5) is 4.13. The Kier molecular flexibility index (Phi) is 3.94. The third-order valence-corrected chi connectivity index (χ3v) is 4.25. The Bertz CT molecular complexity index is 1140. The van der Waals surface area contributed by atoms with Crippen molar-refractivity contribution in [3.8, 4) is 17.2 Å². The molecule has 0 N–H and O–H groups in total. The third-order valence-electron chi connectivity index (χ3n) is 4.25. The van der Waals surface area contributed by atoms with Gasteiger partial charge in [-0.15, -0.1) is 0 Å². The fraction of sp³-hybridized carbons (Fsp3) is 0.0476. The van der Waals surface area contributed by atoms with Crippen molar-refractivity contribution >= 4 is 11.0 Å². The summed E-state index contributed by atoms with van der Waals surface area (Å²) in [6, 6.07) is 20.3. The Balaban J connectivity index is 1.76. The number of imidazole rings is 1. The molecule has 0 amide bonds. The number of benzene rings is 3. The van der Waals surface area contributed by atoms with Crippen LogP contribution in [0.5, 0.6) is 0 Å². The molecule has 0 atom stereocenters. The summed E-state index contributed by atoms with van der Waals surface area (Å²) >= 11 is 0. The van der Waals surface area contributed by atoms with Crippen LogP contribution in [0.4, 0.5) is 8.78 Å². The molecule has 0 aliphatic rings. The molecule has 5 heteroatoms. The van der Waals surface area contributed by atoms with E-state index in [9.17, 15) is 14.0 Å². The van der Waals surface area contributed by atoms with Gasteiger partial charge in [-0.3, -0.25) is 0 Å². The van der Waals surface area contributed by atoms with E-state index in [1.54, 1.807) is 29.1 Å². The molecule has 125 valence electrons. The summed E-state index contributed by atoms with van der Waals surface area (Å²) in [5.41, 5.74) is 4.16. The van der Waals surface area contributed by atoms with Crippen molar-refractivity contribution in [1.82, 2.24) is 9.55 Å². The molecule has 0 fully saturated rings. The van der Waals surface area contributed by atoms with Crippen LogP contribution in [-0.2, 0) is 6.54 Å². The first kappa shape index (κ1) is 16.0. The quantitative estimate of drug-likeness (QED) is 0.540. The molecule has 3 nitrogen and oxygen atoms in total. The van der Waals surface area contributed by atoms with Gasteiger partial charge in [0.1, 0.15) is 0 Å². The number of nitrogens with zero attached hydrogens (tertiary/aromatic N) is 3. The zero-order valence-electron chi connectivity index (χ0n) is 13.6. The van der Waals surface area contributed by atoms with E-state index in [1.807, 2.05) is 24.3 Å². The topological polar surface area (TPSA) is 41.6 Å². The van der Waals surface area contributed by atoms with Crippen LogP contribution in [0.15, 0.2) is 60.9 Å². The number of fused-ring (bicyclic) bond motifs is 1. The van der Waals surface area contributed by atoms with Crippen molar-refractivity contribution in [2.75, 3.05) is 0 Å². The normalized spacial score (nSPS) is 10.8. The molecule has 4 rings (SSSR count). The van der Waals surface area contributed by atoms with Gasteiger partial charge >= 0.3 is 0 Å². The van der Waals surface area contributed by atoms with Gasteiger partial charge in [0.2, 0.25) is 0 Å². The van der Waals surface area contributed by atoms with Crippen molar-refractivity contribution in [3.05, 3.63) is 89.8 Å². The number of hydrogen-bond donors (Lipinski definition) is 0. The number of rotatable bonds is 3. The van der Waals surface area contributed by atoms with Crippen molar-refractivity contribution in [2.24, 2.45) is 0 Å². The van der Waals surface area contributed by atoms with Crippen LogP contribution in [0.1, 0.15) is 11.1 Å². The Morgan fingerprint density at radius 2 is 1.81 bits per heavy atom. The fourth-order valence-electron chi connectivity index (χ4n) is 2.97. The maximum Gasteiger partial charge on any atom is 0.161 e. The van der Waals surface area contributed by atoms with Crippen molar-refractivity contribution < 1.29 is 8.78 Å². The zero-order valence-corrected chi connectivity index (χ0v) is 13.6. The molecular weight excluding hydrogens is 332 g/mol. The lowest BCUT2D eigenvalue weighted by Crippen LogP contribution is -1.99. The minimum Gasteiger partial charge on any atom is -0.326 e. The Morgan fingerprint density at radius 1 is 1.04 bits per heavy atom. The summed E-state index contributed by atoms with van der Waals surface area (Å²) in [6.07, 6.45) is 1.55. The van der Waals surface area contributed by atoms with Crippen molar-refractivity contribution in [1.29, 1.82) is 5.26 Å². The predicted octanol–water partition coefficient (Wildman–Crippen LogP) is 4.70. The average molecular weight is 344 g/mol. The number of nitriles is 1. The molecule has 0 saturated carbocycles. The van der Waals surface area contributed by atoms with E-state index < -0.39 is 11.6 Å². The molecule has 0 saturated heterocycles. The van der Waals surface area contributed by atoms with Gasteiger partial charge in [-0.25, -0.2) is 13.8 Å². The number of halogens is 2. The Hall–Kier alpha value is -3.52. The Morgan fingerprint density at radius 3 is 2.58 bits per heavy atom. The van der Waals surface area contributed by atoms with Gasteiger partial charge in [-0.05, 0) is 34.9 Å². The fourth-order valence-corrected chi connectivity index (χ4v) is 2.97. The first-order valence-corrected chi connectivity index (χ1v) is 7.95. The van der Waals surface area contributed by atoms with E-state index in [1.165, 1.54) is 0 Å². The van der Waals surface area contributed by atoms with Gasteiger partial charge < -0.3 is 4.57 Å². The summed E-state index contributed by atoms with van der Waals surface area (Å²) in [7, 11) is 0. The number of aromatic nitrogens is 2. The molecule has 4 aromatic rings. The van der Waals surface area contributed by atoms with E-state index >= 15 is 0 Å². The second kappa shape index (κ2) is 6.41. The van der Waals surface area contributed by atoms with Crippen molar-refractivity contribution in [3.63, 3.8) is 0 Å². The SMILES string of the molecule is N#Cc1ccc(Cn2cnc3cc(F)c(F)cc32)cc1-c1cc[c]cc1. The summed E-state index contributed by atoms with van der Waals surface area (Å²) < 4.78 is 28.7. The van der Waals surface area contributed by atoms with Crippen LogP contribution in [0, 0.1) is 29.0 Å². The van der Waals surface area contributed by atoms with Gasteiger partial charge in [0.15, 0.2) is 11.6 Å². The van der Waals surface area contributed by atoms with Crippen LogP contribution >= 0.6 is 0 Å². The van der Waals surface area contributed by atoms with Gasteiger partial charge in [0, 0.05) is 18.7 Å². The highest BCUT2D eigenvalue weighted by molar-refractivity contribution is 5.76. The smallest absolute Gasteiger partial charge is 0.161 e. The highest BCUT2D eigenvalue weighted by Gasteiger charge is 2.11. The second-order valence-corrected chi connectivity index (χ2v) is 5.91. The monoisotopic (exact) mass is 344 g/mol. The van der Waals surface area contributed by atoms with E-state index in [2.05, 4.69) is 17.1 Å². The minimum atomic E-state index is -0.913. The Labute approximate surface area is 148 Å². The first-order chi connectivity index (χ1) is 12.7. The molecule has 0 aliphatic carbocycles. The summed E-state index contributed by atoms with van der Waals surface area (Å²) in [6.45, 7) is 0.430. The van der Waals surface area contributed by atoms with Gasteiger partial charge in [-0.1, -0.05) is 30.3 Å². The lowest BCUT2D eigenvalue weighted by atomic mass is 9.98. The van der Waals surface area contributed by atoms with Crippen LogP contribution in [-0.4, -0.2) is 9.55 Å². The van der Waals surface area contributed by atoms with Crippen LogP contribution < -0.4 is 0 Å². The summed E-state index contributed by atoms with van der Waals surface area (Å²) in [5, 5.41) is 9.37. The highest BCUT2D eigenvalue weighted by atomic mass is 19.2. The maximum atomic E-state index is 13.6. The molecule has 0 aliphatic heterocycles. The molecule has 0 bridgehead atoms. The molecule has 1 radical (unpaired) electrons. The average Bonchev–Trinajstić information content (AvgIpc) is 3.04. The van der Waals surface area contributed by atoms with Gasteiger partial charge in [0.05, 0.1) is 29.0 Å². The van der Waals surface area contributed by atoms with Gasteiger partial charge in [0.25, 0.3) is 0 Å². The second-order valence-electron chi connectivity index (χ2n) is 5.91. The lowest BCUT2D eigenvalue weighted by Gasteiger charge is -2.09. The largest absolute Gasteiger partial charge is 0.326 e.